The molecule has 0 fully saturated rings. The quantitative estimate of drug-likeness (QED) is 0.828. The van der Waals surface area contributed by atoms with E-state index in [0.29, 0.717) is 0 Å². The van der Waals surface area contributed by atoms with Crippen LogP contribution >= 0.6 is 0 Å². The first-order valence-corrected chi connectivity index (χ1v) is 6.95. The minimum Gasteiger partial charge on any atom is -0.340 e. The van der Waals surface area contributed by atoms with E-state index >= 15 is 0 Å². The van der Waals surface area contributed by atoms with Crippen LogP contribution in [0.2, 0.25) is 0 Å². The lowest BCUT2D eigenvalue weighted by Crippen LogP contribution is -2.24. The molecule has 0 aliphatic heterocycles. The maximum Gasteiger partial charge on any atom is 0.0947 e. The normalized spacial score (nSPS) is 12.8. The Bertz CT molecular complexity index is 499. The molecule has 0 spiro atoms. The van der Waals surface area contributed by atoms with E-state index in [9.17, 15) is 0 Å². The second kappa shape index (κ2) is 6.52. The number of hydrogen-bond acceptors (Lipinski definition) is 3. The number of nitrogens with one attached hydrogen (secondary N) is 1. The van der Waals surface area contributed by atoms with Gasteiger partial charge in [-0.25, -0.2) is 4.98 Å². The van der Waals surface area contributed by atoms with Gasteiger partial charge in [0.1, 0.15) is 0 Å². The third kappa shape index (κ3) is 3.67. The van der Waals surface area contributed by atoms with E-state index in [-0.39, 0.29) is 6.04 Å². The standard InChI is InChI=1S/C14H23N5/c1-4-6-15-13(14-10-18(3)11-16-14)7-12-8-17-19(5-2)9-12/h8-11,13,15H,4-7H2,1-3H3. The maximum absolute atomic E-state index is 4.47. The summed E-state index contributed by atoms with van der Waals surface area (Å²) in [5, 5.41) is 7.89. The fourth-order valence-corrected chi connectivity index (χ4v) is 2.13. The fraction of sp³-hybridized carbons (Fsp3) is 0.571. The van der Waals surface area contributed by atoms with Crippen LogP contribution in [0, 0.1) is 0 Å². The SMILES string of the molecule is CCCNC(Cc1cnn(CC)c1)c1cn(C)cn1. The molecule has 5 nitrogen and oxygen atoms in total. The summed E-state index contributed by atoms with van der Waals surface area (Å²) in [6.07, 6.45) is 10.0. The molecule has 1 unspecified atom stereocenters. The zero-order valence-corrected chi connectivity index (χ0v) is 12.0. The van der Waals surface area contributed by atoms with Crippen LogP contribution in [0.4, 0.5) is 0 Å². The zero-order valence-electron chi connectivity index (χ0n) is 12.0. The minimum absolute atomic E-state index is 0.260. The molecule has 0 radical (unpaired) electrons. The molecule has 0 amide bonds. The average Bonchev–Trinajstić information content (AvgIpc) is 3.03. The van der Waals surface area contributed by atoms with Crippen molar-refractivity contribution >= 4 is 0 Å². The molecular formula is C14H23N5. The molecule has 5 heteroatoms. The highest BCUT2D eigenvalue weighted by Gasteiger charge is 2.15. The summed E-state index contributed by atoms with van der Waals surface area (Å²) >= 11 is 0. The van der Waals surface area contributed by atoms with Crippen LogP contribution in [0.3, 0.4) is 0 Å². The van der Waals surface area contributed by atoms with Crippen molar-refractivity contribution in [2.45, 2.75) is 39.3 Å². The monoisotopic (exact) mass is 261 g/mol. The highest BCUT2D eigenvalue weighted by atomic mass is 15.3. The third-order valence-electron chi connectivity index (χ3n) is 3.17. The number of rotatable bonds is 7. The summed E-state index contributed by atoms with van der Waals surface area (Å²) in [6.45, 7) is 6.19. The van der Waals surface area contributed by atoms with Crippen LogP contribution in [0.1, 0.15) is 37.6 Å². The molecule has 0 bridgehead atoms. The maximum atomic E-state index is 4.47. The lowest BCUT2D eigenvalue weighted by Gasteiger charge is -2.15. The number of imidazole rings is 1. The molecule has 19 heavy (non-hydrogen) atoms. The highest BCUT2D eigenvalue weighted by molar-refractivity contribution is 5.12. The largest absolute Gasteiger partial charge is 0.340 e. The molecule has 0 aromatic carbocycles. The minimum atomic E-state index is 0.260. The van der Waals surface area contributed by atoms with E-state index in [0.717, 1.165) is 31.6 Å². The van der Waals surface area contributed by atoms with Gasteiger partial charge in [-0.1, -0.05) is 6.92 Å². The van der Waals surface area contributed by atoms with E-state index in [1.807, 2.05) is 28.8 Å². The molecule has 0 aliphatic carbocycles. The first kappa shape index (κ1) is 13.8. The molecular weight excluding hydrogens is 238 g/mol. The van der Waals surface area contributed by atoms with Crippen molar-refractivity contribution in [3.8, 4) is 0 Å². The van der Waals surface area contributed by atoms with Crippen LogP contribution in [0.15, 0.2) is 24.9 Å². The Morgan fingerprint density at radius 3 is 2.74 bits per heavy atom. The molecule has 2 aromatic heterocycles. The second-order valence-corrected chi connectivity index (χ2v) is 4.88. The van der Waals surface area contributed by atoms with Gasteiger partial charge in [-0.05, 0) is 31.9 Å². The van der Waals surface area contributed by atoms with Crippen molar-refractivity contribution in [1.82, 2.24) is 24.6 Å². The van der Waals surface area contributed by atoms with Crippen molar-refractivity contribution in [3.05, 3.63) is 36.2 Å². The van der Waals surface area contributed by atoms with Crippen molar-refractivity contribution in [1.29, 1.82) is 0 Å². The number of aryl methyl sites for hydroxylation is 2. The molecule has 1 atom stereocenters. The van der Waals surface area contributed by atoms with Gasteiger partial charge < -0.3 is 9.88 Å². The van der Waals surface area contributed by atoms with Gasteiger partial charge >= 0.3 is 0 Å². The summed E-state index contributed by atoms with van der Waals surface area (Å²) in [5.41, 5.74) is 2.35. The first-order valence-electron chi connectivity index (χ1n) is 6.95. The van der Waals surface area contributed by atoms with E-state index in [4.69, 9.17) is 0 Å². The Hall–Kier alpha value is -1.62. The van der Waals surface area contributed by atoms with Gasteiger partial charge in [-0.3, -0.25) is 4.68 Å². The Morgan fingerprint density at radius 2 is 2.16 bits per heavy atom. The van der Waals surface area contributed by atoms with Gasteiger partial charge in [0, 0.05) is 26.0 Å². The van der Waals surface area contributed by atoms with E-state index in [1.54, 1.807) is 0 Å². The Morgan fingerprint density at radius 1 is 1.32 bits per heavy atom. The third-order valence-corrected chi connectivity index (χ3v) is 3.17. The van der Waals surface area contributed by atoms with Gasteiger partial charge in [0.05, 0.1) is 24.3 Å². The fourth-order valence-electron chi connectivity index (χ4n) is 2.13. The molecule has 104 valence electrons. The number of aromatic nitrogens is 4. The summed E-state index contributed by atoms with van der Waals surface area (Å²) in [4.78, 5) is 4.47. The van der Waals surface area contributed by atoms with Crippen LogP contribution in [-0.2, 0) is 20.0 Å². The molecule has 0 aliphatic rings. The van der Waals surface area contributed by atoms with Crippen molar-refractivity contribution in [2.24, 2.45) is 7.05 Å². The summed E-state index contributed by atoms with van der Waals surface area (Å²) in [6, 6.07) is 0.260. The molecule has 2 aromatic rings. The van der Waals surface area contributed by atoms with Gasteiger partial charge in [0.25, 0.3) is 0 Å². The number of nitrogens with zero attached hydrogens (tertiary/aromatic N) is 4. The van der Waals surface area contributed by atoms with Gasteiger partial charge in [-0.2, -0.15) is 5.10 Å². The smallest absolute Gasteiger partial charge is 0.0947 e. The molecule has 0 saturated heterocycles. The summed E-state index contributed by atoms with van der Waals surface area (Å²) in [5.74, 6) is 0. The second-order valence-electron chi connectivity index (χ2n) is 4.88. The van der Waals surface area contributed by atoms with Crippen molar-refractivity contribution in [2.75, 3.05) is 6.54 Å². The van der Waals surface area contributed by atoms with Crippen molar-refractivity contribution in [3.63, 3.8) is 0 Å². The summed E-state index contributed by atoms with van der Waals surface area (Å²) < 4.78 is 3.95. The molecule has 2 rings (SSSR count). The predicted molar refractivity (Wildman–Crippen MR) is 75.8 cm³/mol. The van der Waals surface area contributed by atoms with Gasteiger partial charge in [0.2, 0.25) is 0 Å². The van der Waals surface area contributed by atoms with E-state index in [2.05, 4.69) is 41.6 Å². The lowest BCUT2D eigenvalue weighted by atomic mass is 10.1. The Kier molecular flexibility index (Phi) is 4.74. The van der Waals surface area contributed by atoms with Crippen molar-refractivity contribution < 1.29 is 0 Å². The summed E-state index contributed by atoms with van der Waals surface area (Å²) in [7, 11) is 2.00. The highest BCUT2D eigenvalue weighted by Crippen LogP contribution is 2.16. The first-order chi connectivity index (χ1) is 9.22. The Labute approximate surface area is 114 Å². The van der Waals surface area contributed by atoms with Crippen LogP contribution in [-0.4, -0.2) is 25.9 Å². The van der Waals surface area contributed by atoms with Crippen LogP contribution < -0.4 is 5.32 Å². The Balaban J connectivity index is 2.09. The topological polar surface area (TPSA) is 47.7 Å². The number of hydrogen-bond donors (Lipinski definition) is 1. The molecule has 0 saturated carbocycles. The van der Waals surface area contributed by atoms with Crippen LogP contribution in [0.5, 0.6) is 0 Å². The lowest BCUT2D eigenvalue weighted by molar-refractivity contribution is 0.519. The van der Waals surface area contributed by atoms with E-state index < -0.39 is 0 Å². The predicted octanol–water partition coefficient (Wildman–Crippen LogP) is 1.92. The van der Waals surface area contributed by atoms with Gasteiger partial charge in [0.15, 0.2) is 0 Å². The molecule has 1 N–H and O–H groups in total. The molecule has 2 heterocycles. The average molecular weight is 261 g/mol. The van der Waals surface area contributed by atoms with Crippen LogP contribution in [0.25, 0.3) is 0 Å². The van der Waals surface area contributed by atoms with E-state index in [1.165, 1.54) is 5.56 Å². The van der Waals surface area contributed by atoms with Gasteiger partial charge in [-0.15, -0.1) is 0 Å². The zero-order chi connectivity index (χ0) is 13.7.